The van der Waals surface area contributed by atoms with E-state index in [2.05, 4.69) is 37.6 Å². The van der Waals surface area contributed by atoms with Gasteiger partial charge >= 0.3 is 0 Å². The lowest BCUT2D eigenvalue weighted by Crippen LogP contribution is -2.17. The summed E-state index contributed by atoms with van der Waals surface area (Å²) in [5.74, 6) is 1.33. The van der Waals surface area contributed by atoms with Crippen molar-refractivity contribution in [1.29, 1.82) is 0 Å². The average molecular weight is 445 g/mol. The van der Waals surface area contributed by atoms with Crippen LogP contribution in [0.4, 0.5) is 5.82 Å². The number of thioether (sulfide) groups is 1. The zero-order chi connectivity index (χ0) is 22.5. The van der Waals surface area contributed by atoms with Crippen molar-refractivity contribution < 1.29 is 4.79 Å². The third kappa shape index (κ3) is 4.70. The molecule has 0 aliphatic carbocycles. The van der Waals surface area contributed by atoms with E-state index < -0.39 is 5.91 Å². The third-order valence-corrected chi connectivity index (χ3v) is 6.01. The first-order valence-electron chi connectivity index (χ1n) is 10.2. The van der Waals surface area contributed by atoms with Crippen LogP contribution in [-0.4, -0.2) is 44.4 Å². The Morgan fingerprint density at radius 1 is 1.12 bits per heavy atom. The predicted molar refractivity (Wildman–Crippen MR) is 130 cm³/mol. The van der Waals surface area contributed by atoms with Crippen molar-refractivity contribution >= 4 is 34.4 Å². The Labute approximate surface area is 190 Å². The first-order chi connectivity index (χ1) is 15.6. The van der Waals surface area contributed by atoms with Gasteiger partial charge in [0.2, 0.25) is 5.91 Å². The number of pyridine rings is 2. The number of carbonyl (C=O) groups excluding carboxylic acids is 1. The molecule has 0 saturated carbocycles. The number of nitrogens with two attached hydrogens (primary N) is 1. The molecule has 32 heavy (non-hydrogen) atoms. The summed E-state index contributed by atoms with van der Waals surface area (Å²) < 4.78 is 0. The van der Waals surface area contributed by atoms with Gasteiger partial charge in [0.15, 0.2) is 0 Å². The fourth-order valence-corrected chi connectivity index (χ4v) is 4.36. The molecule has 162 valence electrons. The maximum absolute atomic E-state index is 11.9. The minimum absolute atomic E-state index is 0.156. The van der Waals surface area contributed by atoms with Crippen LogP contribution < -0.4 is 11.1 Å². The molecule has 0 bridgehead atoms. The molecule has 1 aromatic carbocycles. The summed E-state index contributed by atoms with van der Waals surface area (Å²) >= 11 is 1.76. The number of aromatic nitrogens is 4. The van der Waals surface area contributed by atoms with Crippen molar-refractivity contribution in [2.75, 3.05) is 23.9 Å². The number of primary amides is 1. The van der Waals surface area contributed by atoms with Crippen molar-refractivity contribution in [2.45, 2.75) is 12.8 Å². The van der Waals surface area contributed by atoms with E-state index in [4.69, 9.17) is 5.73 Å². The number of benzene rings is 1. The second-order valence-corrected chi connectivity index (χ2v) is 8.39. The topological polar surface area (TPSA) is 107 Å². The van der Waals surface area contributed by atoms with E-state index in [0.29, 0.717) is 12.1 Å². The smallest absolute Gasteiger partial charge is 0.249 e. The largest absolute Gasteiger partial charge is 0.369 e. The second-order valence-electron chi connectivity index (χ2n) is 7.48. The molecule has 1 atom stereocenters. The molecule has 4 aromatic rings. The Morgan fingerprint density at radius 2 is 2.00 bits per heavy atom. The minimum atomic E-state index is -0.451. The van der Waals surface area contributed by atoms with Crippen molar-refractivity contribution in [1.82, 2.24) is 19.9 Å². The summed E-state index contributed by atoms with van der Waals surface area (Å²) in [6.45, 7) is 2.61. The van der Waals surface area contributed by atoms with Gasteiger partial charge in [-0.2, -0.15) is 11.8 Å². The quantitative estimate of drug-likeness (QED) is 0.422. The van der Waals surface area contributed by atoms with E-state index in [-0.39, 0.29) is 5.92 Å². The highest BCUT2D eigenvalue weighted by Gasteiger charge is 2.18. The summed E-state index contributed by atoms with van der Waals surface area (Å²) in [4.78, 5) is 29.5. The second kappa shape index (κ2) is 9.74. The molecule has 8 heteroatoms. The highest BCUT2D eigenvalue weighted by Crippen LogP contribution is 2.29. The molecular weight excluding hydrogens is 420 g/mol. The highest BCUT2D eigenvalue weighted by atomic mass is 32.2. The fraction of sp³-hybridized carbons (Fsp3) is 0.208. The zero-order valence-electron chi connectivity index (χ0n) is 17.9. The van der Waals surface area contributed by atoms with Gasteiger partial charge in [-0.15, -0.1) is 0 Å². The number of fused-ring (bicyclic) bond motifs is 1. The fourth-order valence-electron chi connectivity index (χ4n) is 3.66. The van der Waals surface area contributed by atoms with Crippen molar-refractivity contribution in [3.8, 4) is 11.3 Å². The number of anilines is 1. The first-order valence-corrected chi connectivity index (χ1v) is 11.6. The van der Waals surface area contributed by atoms with Crippen LogP contribution in [0.5, 0.6) is 0 Å². The maximum atomic E-state index is 11.9. The summed E-state index contributed by atoms with van der Waals surface area (Å²) in [5, 5.41) is 4.22. The van der Waals surface area contributed by atoms with Gasteiger partial charge in [0.05, 0.1) is 16.8 Å². The van der Waals surface area contributed by atoms with Gasteiger partial charge in [-0.1, -0.05) is 18.2 Å². The number of rotatable bonds is 8. The molecule has 0 radical (unpaired) electrons. The Balaban J connectivity index is 1.60. The lowest BCUT2D eigenvalue weighted by Gasteiger charge is -2.19. The van der Waals surface area contributed by atoms with Gasteiger partial charge in [-0.05, 0) is 36.9 Å². The summed E-state index contributed by atoms with van der Waals surface area (Å²) in [7, 11) is 0. The molecule has 3 heterocycles. The number of para-hydroxylation sites is 1. The Kier molecular flexibility index (Phi) is 6.61. The van der Waals surface area contributed by atoms with Gasteiger partial charge < -0.3 is 11.1 Å². The van der Waals surface area contributed by atoms with Crippen molar-refractivity contribution in [3.05, 3.63) is 78.0 Å². The molecule has 7 nitrogen and oxygen atoms in total. The SMILES string of the molecule is CSCC(CNc1cc(-c2ccc(C)nc2)ncn1)c1cccc2c(C(N)=O)ccnc12. The molecule has 3 N–H and O–H groups in total. The van der Waals surface area contributed by atoms with Crippen molar-refractivity contribution in [2.24, 2.45) is 5.73 Å². The number of carbonyl (C=O) groups is 1. The van der Waals surface area contributed by atoms with Gasteiger partial charge in [0.25, 0.3) is 0 Å². The first kappa shape index (κ1) is 21.7. The number of nitrogens with zero attached hydrogens (tertiary/aromatic N) is 4. The molecule has 0 fully saturated rings. The molecule has 0 aliphatic rings. The zero-order valence-corrected chi connectivity index (χ0v) is 18.8. The van der Waals surface area contributed by atoms with Crippen LogP contribution in [0.2, 0.25) is 0 Å². The minimum Gasteiger partial charge on any atom is -0.369 e. The number of nitrogens with one attached hydrogen (secondary N) is 1. The number of aryl methyl sites for hydroxylation is 1. The number of amides is 1. The van der Waals surface area contributed by atoms with E-state index in [1.165, 1.54) is 0 Å². The summed E-state index contributed by atoms with van der Waals surface area (Å²) in [6.07, 6.45) is 7.09. The van der Waals surface area contributed by atoms with E-state index in [1.54, 1.807) is 30.4 Å². The predicted octanol–water partition coefficient (Wildman–Crippen LogP) is 4.05. The Morgan fingerprint density at radius 3 is 2.75 bits per heavy atom. The van der Waals surface area contributed by atoms with E-state index in [9.17, 15) is 4.79 Å². The molecule has 1 amide bonds. The van der Waals surface area contributed by atoms with Gasteiger partial charge in [-0.3, -0.25) is 14.8 Å². The van der Waals surface area contributed by atoms with Crippen LogP contribution in [0.15, 0.2) is 61.2 Å². The normalized spacial score (nSPS) is 11.9. The third-order valence-electron chi connectivity index (χ3n) is 5.28. The average Bonchev–Trinajstić information content (AvgIpc) is 2.81. The van der Waals surface area contributed by atoms with E-state index >= 15 is 0 Å². The summed E-state index contributed by atoms with van der Waals surface area (Å²) in [5.41, 5.74) is 10.7. The maximum Gasteiger partial charge on any atom is 0.249 e. The van der Waals surface area contributed by atoms with Crippen LogP contribution in [0.25, 0.3) is 22.2 Å². The lowest BCUT2D eigenvalue weighted by atomic mass is 9.96. The van der Waals surface area contributed by atoms with Crippen molar-refractivity contribution in [3.63, 3.8) is 0 Å². The standard InChI is InChI=1S/C24H24N6OS/c1-15-6-7-16(11-27-15)21-10-22(30-14-29-21)28-12-17(13-32-2)18-4-3-5-19-20(24(25)31)8-9-26-23(18)19/h3-11,14,17H,12-13H2,1-2H3,(H2,25,31)(H,28,29,30). The van der Waals surface area contributed by atoms with Crippen LogP contribution in [-0.2, 0) is 0 Å². The van der Waals surface area contributed by atoms with Gasteiger partial charge in [0, 0.05) is 53.3 Å². The molecule has 0 spiro atoms. The molecule has 3 aromatic heterocycles. The van der Waals surface area contributed by atoms with Crippen LogP contribution in [0.1, 0.15) is 27.5 Å². The van der Waals surface area contributed by atoms with Gasteiger partial charge in [-0.25, -0.2) is 9.97 Å². The van der Waals surface area contributed by atoms with Crippen LogP contribution in [0, 0.1) is 6.92 Å². The lowest BCUT2D eigenvalue weighted by molar-refractivity contribution is 0.100. The Hall–Kier alpha value is -3.52. The van der Waals surface area contributed by atoms with Gasteiger partial charge in [0.1, 0.15) is 12.1 Å². The summed E-state index contributed by atoms with van der Waals surface area (Å²) in [6, 6.07) is 13.5. The molecular formula is C24H24N6OS. The number of hydrogen-bond acceptors (Lipinski definition) is 7. The highest BCUT2D eigenvalue weighted by molar-refractivity contribution is 7.98. The van der Waals surface area contributed by atoms with E-state index in [1.807, 2.05) is 43.5 Å². The monoisotopic (exact) mass is 444 g/mol. The molecule has 0 saturated heterocycles. The molecule has 0 aliphatic heterocycles. The molecule has 4 rings (SSSR count). The van der Waals surface area contributed by atoms with E-state index in [0.717, 1.165) is 45.0 Å². The Bertz CT molecular complexity index is 1240. The molecule has 1 unspecified atom stereocenters. The van der Waals surface area contributed by atoms with Crippen LogP contribution in [0.3, 0.4) is 0 Å². The number of hydrogen-bond donors (Lipinski definition) is 2. The van der Waals surface area contributed by atoms with Crippen LogP contribution >= 0.6 is 11.8 Å².